The van der Waals surface area contributed by atoms with Crippen LogP contribution < -0.4 is 0 Å². The van der Waals surface area contributed by atoms with Crippen LogP contribution in [0.2, 0.25) is 0 Å². The first-order valence-corrected chi connectivity index (χ1v) is 6.99. The van der Waals surface area contributed by atoms with Crippen LogP contribution >= 0.6 is 0 Å². The van der Waals surface area contributed by atoms with Gasteiger partial charge in [-0.2, -0.15) is 0 Å². The highest BCUT2D eigenvalue weighted by molar-refractivity contribution is 5.79. The fourth-order valence-electron chi connectivity index (χ4n) is 2.88. The van der Waals surface area contributed by atoms with Crippen LogP contribution in [0.5, 0.6) is 0 Å². The summed E-state index contributed by atoms with van der Waals surface area (Å²) in [6.45, 7) is 2.15. The molecule has 0 spiro atoms. The summed E-state index contributed by atoms with van der Waals surface area (Å²) in [5, 5.41) is 1.13. The molecule has 2 heterocycles. The molecular weight excluding hydrogens is 254 g/mol. The molecule has 1 aromatic carbocycles. The van der Waals surface area contributed by atoms with Gasteiger partial charge in [-0.25, -0.2) is 0 Å². The maximum Gasteiger partial charge on any atom is 0.223 e. The van der Waals surface area contributed by atoms with E-state index < -0.39 is 0 Å². The summed E-state index contributed by atoms with van der Waals surface area (Å²) >= 11 is 0. The molecule has 106 valence electrons. The summed E-state index contributed by atoms with van der Waals surface area (Å²) in [7, 11) is 1.66. The second-order valence-corrected chi connectivity index (χ2v) is 5.40. The molecule has 0 saturated carbocycles. The number of ether oxygens (including phenoxy) is 1. The first-order chi connectivity index (χ1) is 9.76. The molecule has 20 heavy (non-hydrogen) atoms. The zero-order chi connectivity index (χ0) is 13.9. The second kappa shape index (κ2) is 5.67. The SMILES string of the molecule is COCCN1C[C@@H](Cc2ccc3occc3c2)CC1=O. The summed E-state index contributed by atoms with van der Waals surface area (Å²) in [4.78, 5) is 13.8. The summed E-state index contributed by atoms with van der Waals surface area (Å²) in [5.74, 6) is 0.653. The van der Waals surface area contributed by atoms with Gasteiger partial charge in [-0.1, -0.05) is 6.07 Å². The predicted molar refractivity (Wildman–Crippen MR) is 76.5 cm³/mol. The van der Waals surface area contributed by atoms with Gasteiger partial charge in [0.15, 0.2) is 0 Å². The number of methoxy groups -OCH3 is 1. The lowest BCUT2D eigenvalue weighted by Crippen LogP contribution is -2.28. The number of rotatable bonds is 5. The number of likely N-dealkylation sites (tertiary alicyclic amines) is 1. The summed E-state index contributed by atoms with van der Waals surface area (Å²) in [5.41, 5.74) is 2.18. The lowest BCUT2D eigenvalue weighted by atomic mass is 9.98. The molecule has 0 N–H and O–H groups in total. The van der Waals surface area contributed by atoms with Gasteiger partial charge in [0.1, 0.15) is 5.58 Å². The quantitative estimate of drug-likeness (QED) is 0.840. The van der Waals surface area contributed by atoms with E-state index in [4.69, 9.17) is 9.15 Å². The van der Waals surface area contributed by atoms with Crippen LogP contribution in [0.3, 0.4) is 0 Å². The third-order valence-electron chi connectivity index (χ3n) is 3.90. The average molecular weight is 273 g/mol. The van der Waals surface area contributed by atoms with Crippen LogP contribution in [0.15, 0.2) is 34.9 Å². The van der Waals surface area contributed by atoms with Crippen molar-refractivity contribution in [1.29, 1.82) is 0 Å². The van der Waals surface area contributed by atoms with E-state index >= 15 is 0 Å². The lowest BCUT2D eigenvalue weighted by molar-refractivity contribution is -0.128. The molecule has 1 fully saturated rings. The van der Waals surface area contributed by atoms with Crippen molar-refractivity contribution in [3.63, 3.8) is 0 Å². The standard InChI is InChI=1S/C16H19NO3/c1-19-7-5-17-11-13(10-16(17)18)8-12-2-3-15-14(9-12)4-6-20-15/h2-4,6,9,13H,5,7-8,10-11H2,1H3/t13-/m0/s1. The van der Waals surface area contributed by atoms with Gasteiger partial charge in [0.05, 0.1) is 12.9 Å². The third-order valence-corrected chi connectivity index (χ3v) is 3.90. The number of benzene rings is 1. The van der Waals surface area contributed by atoms with Crippen molar-refractivity contribution in [2.45, 2.75) is 12.8 Å². The van der Waals surface area contributed by atoms with E-state index in [-0.39, 0.29) is 5.91 Å². The molecule has 0 bridgehead atoms. The molecule has 1 aliphatic heterocycles. The van der Waals surface area contributed by atoms with Gasteiger partial charge in [0.25, 0.3) is 0 Å². The van der Waals surface area contributed by atoms with Gasteiger partial charge < -0.3 is 14.1 Å². The Kier molecular flexibility index (Phi) is 3.74. The maximum absolute atomic E-state index is 11.9. The van der Waals surface area contributed by atoms with E-state index in [1.54, 1.807) is 13.4 Å². The number of hydrogen-bond acceptors (Lipinski definition) is 3. The maximum atomic E-state index is 11.9. The molecular formula is C16H19NO3. The Morgan fingerprint density at radius 1 is 1.40 bits per heavy atom. The van der Waals surface area contributed by atoms with Gasteiger partial charge in [0, 0.05) is 32.0 Å². The molecule has 2 aromatic rings. The molecule has 0 radical (unpaired) electrons. The molecule has 3 rings (SSSR count). The van der Waals surface area contributed by atoms with Crippen molar-refractivity contribution in [3.8, 4) is 0 Å². The predicted octanol–water partition coefficient (Wildman–Crippen LogP) is 2.47. The summed E-state index contributed by atoms with van der Waals surface area (Å²) in [6.07, 6.45) is 3.30. The van der Waals surface area contributed by atoms with Gasteiger partial charge in [0.2, 0.25) is 5.91 Å². The number of hydrogen-bond donors (Lipinski definition) is 0. The summed E-state index contributed by atoms with van der Waals surface area (Å²) in [6, 6.07) is 8.23. The molecule has 1 aliphatic rings. The Morgan fingerprint density at radius 3 is 3.15 bits per heavy atom. The smallest absolute Gasteiger partial charge is 0.223 e. The highest BCUT2D eigenvalue weighted by Crippen LogP contribution is 2.24. The first kappa shape index (κ1) is 13.2. The minimum atomic E-state index is 0.247. The van der Waals surface area contributed by atoms with Crippen LogP contribution in [0, 0.1) is 5.92 Å². The molecule has 0 aliphatic carbocycles. The minimum absolute atomic E-state index is 0.247. The molecule has 0 unspecified atom stereocenters. The number of fused-ring (bicyclic) bond motifs is 1. The molecule has 4 heteroatoms. The van der Waals surface area contributed by atoms with Gasteiger partial charge in [-0.3, -0.25) is 4.79 Å². The normalized spacial score (nSPS) is 19.1. The van der Waals surface area contributed by atoms with Crippen LogP contribution in [0.25, 0.3) is 11.0 Å². The van der Waals surface area contributed by atoms with Crippen LogP contribution in [-0.4, -0.2) is 37.6 Å². The van der Waals surface area contributed by atoms with Crippen molar-refractivity contribution in [3.05, 3.63) is 36.1 Å². The average Bonchev–Trinajstić information content (AvgIpc) is 3.03. The van der Waals surface area contributed by atoms with Crippen molar-refractivity contribution in [2.24, 2.45) is 5.92 Å². The number of carbonyl (C=O) groups is 1. The second-order valence-electron chi connectivity index (χ2n) is 5.40. The molecule has 1 saturated heterocycles. The van der Waals surface area contributed by atoms with Crippen molar-refractivity contribution in [1.82, 2.24) is 4.90 Å². The Morgan fingerprint density at radius 2 is 2.30 bits per heavy atom. The first-order valence-electron chi connectivity index (χ1n) is 6.99. The molecule has 4 nitrogen and oxygen atoms in total. The zero-order valence-electron chi connectivity index (χ0n) is 11.7. The molecule has 1 amide bonds. The van der Waals surface area contributed by atoms with Gasteiger partial charge in [-0.15, -0.1) is 0 Å². The van der Waals surface area contributed by atoms with Gasteiger partial charge in [-0.05, 0) is 36.1 Å². The van der Waals surface area contributed by atoms with E-state index in [0.29, 0.717) is 25.5 Å². The van der Waals surface area contributed by atoms with Crippen molar-refractivity contribution >= 4 is 16.9 Å². The monoisotopic (exact) mass is 273 g/mol. The van der Waals surface area contributed by atoms with E-state index in [9.17, 15) is 4.79 Å². The van der Waals surface area contributed by atoms with Gasteiger partial charge >= 0.3 is 0 Å². The van der Waals surface area contributed by atoms with E-state index in [0.717, 1.165) is 23.9 Å². The number of nitrogens with zero attached hydrogens (tertiary/aromatic N) is 1. The van der Waals surface area contributed by atoms with Crippen LogP contribution in [-0.2, 0) is 16.0 Å². The zero-order valence-corrected chi connectivity index (χ0v) is 11.7. The fourth-order valence-corrected chi connectivity index (χ4v) is 2.88. The number of carbonyl (C=O) groups excluding carboxylic acids is 1. The Hall–Kier alpha value is -1.81. The van der Waals surface area contributed by atoms with E-state index in [1.165, 1.54) is 5.56 Å². The minimum Gasteiger partial charge on any atom is -0.464 e. The number of furan rings is 1. The van der Waals surface area contributed by atoms with E-state index in [1.807, 2.05) is 17.0 Å². The number of amides is 1. The third kappa shape index (κ3) is 2.70. The van der Waals surface area contributed by atoms with E-state index in [2.05, 4.69) is 12.1 Å². The highest BCUT2D eigenvalue weighted by atomic mass is 16.5. The summed E-state index contributed by atoms with van der Waals surface area (Å²) < 4.78 is 10.4. The fraction of sp³-hybridized carbons (Fsp3) is 0.438. The highest BCUT2D eigenvalue weighted by Gasteiger charge is 2.29. The topological polar surface area (TPSA) is 42.7 Å². The molecule has 1 atom stereocenters. The molecule has 1 aromatic heterocycles. The van der Waals surface area contributed by atoms with Crippen LogP contribution in [0.4, 0.5) is 0 Å². The Labute approximate surface area is 118 Å². The van der Waals surface area contributed by atoms with Crippen LogP contribution in [0.1, 0.15) is 12.0 Å². The largest absolute Gasteiger partial charge is 0.464 e. The van der Waals surface area contributed by atoms with Crippen molar-refractivity contribution in [2.75, 3.05) is 26.8 Å². The Balaban J connectivity index is 1.64. The lowest BCUT2D eigenvalue weighted by Gasteiger charge is -2.15. The van der Waals surface area contributed by atoms with Crippen molar-refractivity contribution < 1.29 is 13.9 Å². The Bertz CT molecular complexity index is 605.